The molecule has 1 saturated heterocycles. The maximum Gasteiger partial charge on any atom is 0.123 e. The number of benzene rings is 2. The van der Waals surface area contributed by atoms with Gasteiger partial charge in [0.1, 0.15) is 11.6 Å². The second-order valence-corrected chi connectivity index (χ2v) is 8.11. The first-order valence-electron chi connectivity index (χ1n) is 10.2. The van der Waals surface area contributed by atoms with Gasteiger partial charge < -0.3 is 14.8 Å². The van der Waals surface area contributed by atoms with E-state index in [0.29, 0.717) is 0 Å². The van der Waals surface area contributed by atoms with Gasteiger partial charge in [0.15, 0.2) is 0 Å². The molecule has 1 fully saturated rings. The van der Waals surface area contributed by atoms with Gasteiger partial charge in [0.2, 0.25) is 0 Å². The molecule has 0 spiro atoms. The third kappa shape index (κ3) is 4.73. The van der Waals surface area contributed by atoms with E-state index in [1.807, 2.05) is 18.2 Å². The highest BCUT2D eigenvalue weighted by Gasteiger charge is 2.44. The highest BCUT2D eigenvalue weighted by molar-refractivity contribution is 5.40. The Morgan fingerprint density at radius 1 is 1.14 bits per heavy atom. The first-order valence-corrected chi connectivity index (χ1v) is 10.2. The molecule has 0 bridgehead atoms. The van der Waals surface area contributed by atoms with Crippen LogP contribution in [-0.2, 0) is 16.7 Å². The van der Waals surface area contributed by atoms with Gasteiger partial charge in [-0.1, -0.05) is 37.3 Å². The van der Waals surface area contributed by atoms with Crippen LogP contribution in [0.25, 0.3) is 0 Å². The van der Waals surface area contributed by atoms with E-state index in [-0.39, 0.29) is 16.8 Å². The SMILES string of the molecule is CC[C@]1(C)C[C@](CCNCc2ccc(F)cc2)(c2ccccc2OC)CCO1. The Kier molecular flexibility index (Phi) is 6.73. The summed E-state index contributed by atoms with van der Waals surface area (Å²) in [6.45, 7) is 6.81. The Morgan fingerprint density at radius 2 is 1.89 bits per heavy atom. The molecule has 2 atom stereocenters. The smallest absolute Gasteiger partial charge is 0.123 e. The lowest BCUT2D eigenvalue weighted by Crippen LogP contribution is -2.46. The minimum atomic E-state index is -0.195. The number of rotatable bonds is 8. The van der Waals surface area contributed by atoms with Gasteiger partial charge in [-0.15, -0.1) is 0 Å². The molecule has 2 aromatic carbocycles. The van der Waals surface area contributed by atoms with Gasteiger partial charge in [-0.25, -0.2) is 4.39 Å². The fourth-order valence-corrected chi connectivity index (χ4v) is 4.40. The van der Waals surface area contributed by atoms with Gasteiger partial charge in [0, 0.05) is 24.1 Å². The number of nitrogens with one attached hydrogen (secondary N) is 1. The summed E-state index contributed by atoms with van der Waals surface area (Å²) in [7, 11) is 1.75. The van der Waals surface area contributed by atoms with Crippen LogP contribution in [0.2, 0.25) is 0 Å². The van der Waals surface area contributed by atoms with Crippen molar-refractivity contribution >= 4 is 0 Å². The summed E-state index contributed by atoms with van der Waals surface area (Å²) in [5.74, 6) is 0.765. The quantitative estimate of drug-likeness (QED) is 0.631. The number of halogens is 1. The molecule has 0 saturated carbocycles. The molecule has 3 nitrogen and oxygen atoms in total. The zero-order chi connectivity index (χ0) is 20.0. The van der Waals surface area contributed by atoms with E-state index in [0.717, 1.165) is 56.7 Å². The summed E-state index contributed by atoms with van der Waals surface area (Å²) >= 11 is 0. The molecule has 4 heteroatoms. The Morgan fingerprint density at radius 3 is 2.61 bits per heavy atom. The van der Waals surface area contributed by atoms with Crippen LogP contribution in [0.1, 0.15) is 50.7 Å². The van der Waals surface area contributed by atoms with Crippen molar-refractivity contribution in [3.63, 3.8) is 0 Å². The number of hydrogen-bond acceptors (Lipinski definition) is 3. The Labute approximate surface area is 168 Å². The van der Waals surface area contributed by atoms with Crippen LogP contribution in [0.3, 0.4) is 0 Å². The Bertz CT molecular complexity index is 763. The van der Waals surface area contributed by atoms with Crippen molar-refractivity contribution in [3.05, 3.63) is 65.5 Å². The fourth-order valence-electron chi connectivity index (χ4n) is 4.40. The third-order valence-electron chi connectivity index (χ3n) is 6.19. The second-order valence-electron chi connectivity index (χ2n) is 8.11. The van der Waals surface area contributed by atoms with Gasteiger partial charge in [0.25, 0.3) is 0 Å². The summed E-state index contributed by atoms with van der Waals surface area (Å²) in [6.07, 6.45) is 3.97. The van der Waals surface area contributed by atoms with E-state index in [4.69, 9.17) is 9.47 Å². The van der Waals surface area contributed by atoms with E-state index >= 15 is 0 Å². The molecule has 1 aliphatic rings. The Hall–Kier alpha value is -1.91. The average molecular weight is 386 g/mol. The zero-order valence-corrected chi connectivity index (χ0v) is 17.3. The maximum absolute atomic E-state index is 13.1. The number of hydrogen-bond donors (Lipinski definition) is 1. The van der Waals surface area contributed by atoms with Crippen molar-refractivity contribution in [2.75, 3.05) is 20.3 Å². The summed E-state index contributed by atoms with van der Waals surface area (Å²) in [4.78, 5) is 0. The van der Waals surface area contributed by atoms with Crippen LogP contribution >= 0.6 is 0 Å². The summed E-state index contributed by atoms with van der Waals surface area (Å²) in [6, 6.07) is 15.1. The molecule has 1 aliphatic heterocycles. The van der Waals surface area contributed by atoms with Crippen LogP contribution in [0, 0.1) is 5.82 Å². The molecular formula is C24H32FNO2. The molecule has 0 unspecified atom stereocenters. The zero-order valence-electron chi connectivity index (χ0n) is 17.3. The molecule has 28 heavy (non-hydrogen) atoms. The number of para-hydroxylation sites is 1. The average Bonchev–Trinajstić information content (AvgIpc) is 2.72. The van der Waals surface area contributed by atoms with E-state index in [9.17, 15) is 4.39 Å². The minimum absolute atomic E-state index is 0.0193. The van der Waals surface area contributed by atoms with Crippen molar-refractivity contribution in [3.8, 4) is 5.75 Å². The standard InChI is InChI=1S/C24H32FNO2/c1-4-23(2)18-24(14-16-28-23,21-7-5-6-8-22(21)27-3)13-15-26-17-19-9-11-20(25)12-10-19/h5-12,26H,4,13-18H2,1-3H3/t23-,24-/m1/s1. The van der Waals surface area contributed by atoms with Crippen LogP contribution in [-0.4, -0.2) is 25.9 Å². The maximum atomic E-state index is 13.1. The van der Waals surface area contributed by atoms with Crippen LogP contribution in [0.4, 0.5) is 4.39 Å². The van der Waals surface area contributed by atoms with Crippen LogP contribution < -0.4 is 10.1 Å². The molecule has 2 aromatic rings. The van der Waals surface area contributed by atoms with Gasteiger partial charge in [-0.05, 0) is 62.9 Å². The van der Waals surface area contributed by atoms with Crippen LogP contribution in [0.5, 0.6) is 5.75 Å². The summed E-state index contributed by atoms with van der Waals surface area (Å²) in [5, 5.41) is 3.54. The van der Waals surface area contributed by atoms with Gasteiger partial charge in [0.05, 0.1) is 12.7 Å². The lowest BCUT2D eigenvalue weighted by Gasteiger charge is -2.47. The van der Waals surface area contributed by atoms with Gasteiger partial charge in [-0.2, -0.15) is 0 Å². The van der Waals surface area contributed by atoms with Crippen molar-refractivity contribution in [2.24, 2.45) is 0 Å². The molecule has 0 aromatic heterocycles. The first-order chi connectivity index (χ1) is 13.5. The normalized spacial score (nSPS) is 24.9. The predicted molar refractivity (Wildman–Crippen MR) is 111 cm³/mol. The minimum Gasteiger partial charge on any atom is -0.496 e. The highest BCUT2D eigenvalue weighted by Crippen LogP contribution is 2.47. The molecule has 0 amide bonds. The largest absolute Gasteiger partial charge is 0.496 e. The van der Waals surface area contributed by atoms with E-state index in [1.165, 1.54) is 17.7 Å². The predicted octanol–water partition coefficient (Wildman–Crippen LogP) is 5.23. The molecule has 0 aliphatic carbocycles. The molecule has 0 radical (unpaired) electrons. The van der Waals surface area contributed by atoms with Crippen molar-refractivity contribution in [1.29, 1.82) is 0 Å². The number of methoxy groups -OCH3 is 1. The number of ether oxygens (including phenoxy) is 2. The first kappa shape index (κ1) is 20.8. The van der Waals surface area contributed by atoms with E-state index in [2.05, 4.69) is 37.4 Å². The molecule has 1 N–H and O–H groups in total. The highest BCUT2D eigenvalue weighted by atomic mass is 19.1. The van der Waals surface area contributed by atoms with E-state index < -0.39 is 0 Å². The third-order valence-corrected chi connectivity index (χ3v) is 6.19. The lowest BCUT2D eigenvalue weighted by molar-refractivity contribution is -0.0982. The summed E-state index contributed by atoms with van der Waals surface area (Å²) in [5.41, 5.74) is 2.28. The lowest BCUT2D eigenvalue weighted by atomic mass is 9.66. The van der Waals surface area contributed by atoms with Gasteiger partial charge in [-0.3, -0.25) is 0 Å². The summed E-state index contributed by atoms with van der Waals surface area (Å²) < 4.78 is 25.0. The topological polar surface area (TPSA) is 30.5 Å². The molecule has 152 valence electrons. The van der Waals surface area contributed by atoms with E-state index in [1.54, 1.807) is 7.11 Å². The van der Waals surface area contributed by atoms with Crippen molar-refractivity contribution in [2.45, 2.75) is 57.1 Å². The molecule has 1 heterocycles. The second kappa shape index (κ2) is 9.06. The van der Waals surface area contributed by atoms with Crippen molar-refractivity contribution < 1.29 is 13.9 Å². The fraction of sp³-hybridized carbons (Fsp3) is 0.500. The van der Waals surface area contributed by atoms with Gasteiger partial charge >= 0.3 is 0 Å². The van der Waals surface area contributed by atoms with Crippen LogP contribution in [0.15, 0.2) is 48.5 Å². The van der Waals surface area contributed by atoms with Crippen molar-refractivity contribution in [1.82, 2.24) is 5.32 Å². The Balaban J connectivity index is 1.76. The molecular weight excluding hydrogens is 353 g/mol. The molecule has 3 rings (SSSR count). The monoisotopic (exact) mass is 385 g/mol.